The Morgan fingerprint density at radius 1 is 1.36 bits per heavy atom. The van der Waals surface area contributed by atoms with Crippen molar-refractivity contribution < 1.29 is 19.0 Å². The zero-order chi connectivity index (χ0) is 23.3. The number of rotatable bonds is 4. The Bertz CT molecular complexity index is 1190. The molecule has 174 valence electrons. The van der Waals surface area contributed by atoms with Crippen molar-refractivity contribution in [3.05, 3.63) is 39.7 Å². The number of H-pyrrole nitrogens is 1. The first kappa shape index (κ1) is 22.0. The first-order valence-corrected chi connectivity index (χ1v) is 12.1. The zero-order valence-corrected chi connectivity index (χ0v) is 20.5. The third kappa shape index (κ3) is 3.61. The molecule has 2 aliphatic rings. The summed E-state index contributed by atoms with van der Waals surface area (Å²) in [6.07, 6.45) is 0.937. The van der Waals surface area contributed by atoms with Crippen molar-refractivity contribution in [3.8, 4) is 33.9 Å². The van der Waals surface area contributed by atoms with Gasteiger partial charge in [0.25, 0.3) is 5.91 Å². The van der Waals surface area contributed by atoms with E-state index in [0.717, 1.165) is 58.0 Å². The average Bonchev–Trinajstić information content (AvgIpc) is 3.57. The molecule has 5 rings (SSSR count). The standard InChI is InChI=1S/C25H29N3O4S/c1-25(2,3)28(4)24(29)21-18-12-32-23-17(20(18)26-27-21)10-16(14-6-8-31-11-14)22(30-5)19(23)15-7-9-33-13-15/h7,9-10,13-14H,6,8,11-12H2,1-5H3,(H,26,27). The minimum atomic E-state index is -0.308. The number of aromatic amines is 1. The molecule has 3 aromatic rings. The van der Waals surface area contributed by atoms with E-state index in [1.54, 1.807) is 23.3 Å². The van der Waals surface area contributed by atoms with E-state index in [1.165, 1.54) is 0 Å². The van der Waals surface area contributed by atoms with Crippen LogP contribution in [-0.4, -0.2) is 53.9 Å². The molecule has 7 nitrogen and oxygen atoms in total. The molecule has 33 heavy (non-hydrogen) atoms. The van der Waals surface area contributed by atoms with Gasteiger partial charge in [-0.2, -0.15) is 16.4 Å². The molecule has 8 heteroatoms. The van der Waals surface area contributed by atoms with E-state index in [-0.39, 0.29) is 24.0 Å². The molecule has 4 heterocycles. The van der Waals surface area contributed by atoms with Gasteiger partial charge in [0.2, 0.25) is 0 Å². The Balaban J connectivity index is 1.69. The van der Waals surface area contributed by atoms with Crippen LogP contribution in [0.3, 0.4) is 0 Å². The molecule has 0 bridgehead atoms. The molecule has 0 saturated carbocycles. The molecule has 1 amide bonds. The maximum Gasteiger partial charge on any atom is 0.272 e. The van der Waals surface area contributed by atoms with Crippen molar-refractivity contribution in [2.45, 2.75) is 45.3 Å². The van der Waals surface area contributed by atoms with Crippen molar-refractivity contribution in [1.29, 1.82) is 0 Å². The van der Waals surface area contributed by atoms with Gasteiger partial charge in [-0.15, -0.1) is 0 Å². The molecule has 1 aromatic carbocycles. The topological polar surface area (TPSA) is 76.7 Å². The SMILES string of the molecule is COc1c(C2CCOC2)cc2c(c1-c1ccsc1)OCc1c-2n[nH]c1C(=O)N(C)C(C)(C)C. The normalized spacial score (nSPS) is 17.3. The van der Waals surface area contributed by atoms with Crippen LogP contribution in [0.1, 0.15) is 54.7 Å². The number of carbonyl (C=O) groups excluding carboxylic acids is 1. The molecular weight excluding hydrogens is 438 g/mol. The Hall–Kier alpha value is -2.84. The van der Waals surface area contributed by atoms with E-state index in [4.69, 9.17) is 14.2 Å². The number of aromatic nitrogens is 2. The number of fused-ring (bicyclic) bond motifs is 3. The predicted molar refractivity (Wildman–Crippen MR) is 128 cm³/mol. The van der Waals surface area contributed by atoms with Gasteiger partial charge in [0.1, 0.15) is 29.5 Å². The fourth-order valence-corrected chi connectivity index (χ4v) is 5.14. The van der Waals surface area contributed by atoms with Crippen molar-refractivity contribution in [1.82, 2.24) is 15.1 Å². The quantitative estimate of drug-likeness (QED) is 0.579. The van der Waals surface area contributed by atoms with Crippen molar-refractivity contribution in [3.63, 3.8) is 0 Å². The molecule has 1 unspecified atom stereocenters. The molecule has 2 aromatic heterocycles. The summed E-state index contributed by atoms with van der Waals surface area (Å²) in [4.78, 5) is 15.0. The van der Waals surface area contributed by atoms with Gasteiger partial charge < -0.3 is 19.1 Å². The van der Waals surface area contributed by atoms with Crippen molar-refractivity contribution in [2.24, 2.45) is 0 Å². The predicted octanol–water partition coefficient (Wildman–Crippen LogP) is 5.08. The third-order valence-corrected chi connectivity index (χ3v) is 7.34. The second-order valence-corrected chi connectivity index (χ2v) is 10.4. The van der Waals surface area contributed by atoms with Crippen molar-refractivity contribution in [2.75, 3.05) is 27.4 Å². The maximum absolute atomic E-state index is 13.2. The number of nitrogens with zero attached hydrogens (tertiary/aromatic N) is 2. The number of benzene rings is 1. The van der Waals surface area contributed by atoms with E-state index in [1.807, 2.05) is 27.8 Å². The first-order valence-electron chi connectivity index (χ1n) is 11.1. The lowest BCUT2D eigenvalue weighted by molar-refractivity contribution is 0.0647. The molecule has 1 atom stereocenters. The summed E-state index contributed by atoms with van der Waals surface area (Å²) in [5.41, 5.74) is 5.69. The molecular formula is C25H29N3O4S. The fraction of sp³-hybridized carbons (Fsp3) is 0.440. The summed E-state index contributed by atoms with van der Waals surface area (Å²) < 4.78 is 18.0. The third-order valence-electron chi connectivity index (χ3n) is 6.65. The van der Waals surface area contributed by atoms with E-state index < -0.39 is 0 Å². The second-order valence-electron chi connectivity index (χ2n) is 9.57. The minimum Gasteiger partial charge on any atom is -0.496 e. The van der Waals surface area contributed by atoms with Gasteiger partial charge in [-0.25, -0.2) is 0 Å². The van der Waals surface area contributed by atoms with Gasteiger partial charge in [-0.05, 0) is 55.6 Å². The monoisotopic (exact) mass is 467 g/mol. The van der Waals surface area contributed by atoms with Gasteiger partial charge in [0.15, 0.2) is 0 Å². The lowest BCUT2D eigenvalue weighted by atomic mass is 9.88. The van der Waals surface area contributed by atoms with Crippen LogP contribution < -0.4 is 9.47 Å². The number of thiophene rings is 1. The summed E-state index contributed by atoms with van der Waals surface area (Å²) in [5.74, 6) is 1.71. The van der Waals surface area contributed by atoms with Crippen LogP contribution in [-0.2, 0) is 11.3 Å². The minimum absolute atomic E-state index is 0.0979. The number of hydrogen-bond acceptors (Lipinski definition) is 6. The van der Waals surface area contributed by atoms with Crippen LogP contribution in [0, 0.1) is 0 Å². The van der Waals surface area contributed by atoms with E-state index >= 15 is 0 Å². The van der Waals surface area contributed by atoms with Crippen LogP contribution in [0.2, 0.25) is 0 Å². The van der Waals surface area contributed by atoms with Gasteiger partial charge in [-0.3, -0.25) is 9.89 Å². The number of carbonyl (C=O) groups is 1. The molecule has 2 aliphatic heterocycles. The molecule has 1 fully saturated rings. The van der Waals surface area contributed by atoms with Gasteiger partial charge in [-0.1, -0.05) is 0 Å². The van der Waals surface area contributed by atoms with Crippen LogP contribution in [0.15, 0.2) is 22.9 Å². The molecule has 0 spiro atoms. The van der Waals surface area contributed by atoms with Crippen LogP contribution in [0.25, 0.3) is 22.4 Å². The first-order chi connectivity index (χ1) is 15.8. The Morgan fingerprint density at radius 2 is 2.18 bits per heavy atom. The van der Waals surface area contributed by atoms with Gasteiger partial charge >= 0.3 is 0 Å². The summed E-state index contributed by atoms with van der Waals surface area (Å²) in [6.45, 7) is 7.69. The highest BCUT2D eigenvalue weighted by molar-refractivity contribution is 7.08. The zero-order valence-electron chi connectivity index (χ0n) is 19.7. The highest BCUT2D eigenvalue weighted by Gasteiger charge is 2.35. The van der Waals surface area contributed by atoms with Crippen LogP contribution in [0.4, 0.5) is 0 Å². The summed E-state index contributed by atoms with van der Waals surface area (Å²) >= 11 is 1.63. The second kappa shape index (κ2) is 8.18. The van der Waals surface area contributed by atoms with Crippen LogP contribution in [0.5, 0.6) is 11.5 Å². The van der Waals surface area contributed by atoms with Crippen molar-refractivity contribution >= 4 is 17.2 Å². The highest BCUT2D eigenvalue weighted by Crippen LogP contribution is 2.52. The smallest absolute Gasteiger partial charge is 0.272 e. The van der Waals surface area contributed by atoms with Gasteiger partial charge in [0, 0.05) is 41.8 Å². The fourth-order valence-electron chi connectivity index (χ4n) is 4.49. The number of nitrogens with one attached hydrogen (secondary N) is 1. The largest absolute Gasteiger partial charge is 0.496 e. The highest BCUT2D eigenvalue weighted by atomic mass is 32.1. The maximum atomic E-state index is 13.2. The average molecular weight is 468 g/mol. The number of methoxy groups -OCH3 is 1. The molecule has 0 aliphatic carbocycles. The lowest BCUT2D eigenvalue weighted by Crippen LogP contribution is -2.43. The van der Waals surface area contributed by atoms with Gasteiger partial charge in [0.05, 0.1) is 19.3 Å². The summed E-state index contributed by atoms with van der Waals surface area (Å²) in [7, 11) is 3.52. The summed E-state index contributed by atoms with van der Waals surface area (Å²) in [5, 5.41) is 11.8. The molecule has 0 radical (unpaired) electrons. The van der Waals surface area contributed by atoms with E-state index in [0.29, 0.717) is 12.3 Å². The number of ether oxygens (including phenoxy) is 3. The Labute approximate surface area is 197 Å². The van der Waals surface area contributed by atoms with Crippen LogP contribution >= 0.6 is 11.3 Å². The molecule has 1 saturated heterocycles. The number of amides is 1. The Kier molecular flexibility index (Phi) is 5.45. The summed E-state index contributed by atoms with van der Waals surface area (Å²) in [6, 6.07) is 4.19. The van der Waals surface area contributed by atoms with E-state index in [2.05, 4.69) is 33.1 Å². The molecule has 1 N–H and O–H groups in total. The van der Waals surface area contributed by atoms with E-state index in [9.17, 15) is 4.79 Å². The Morgan fingerprint density at radius 3 is 2.82 bits per heavy atom. The number of hydrogen-bond donors (Lipinski definition) is 1. The lowest BCUT2D eigenvalue weighted by Gasteiger charge is -2.32.